The van der Waals surface area contributed by atoms with Crippen molar-refractivity contribution < 1.29 is 4.39 Å². The number of imidazole rings is 1. The van der Waals surface area contributed by atoms with Gasteiger partial charge in [0.2, 0.25) is 0 Å². The van der Waals surface area contributed by atoms with Gasteiger partial charge in [-0.3, -0.25) is 4.40 Å². The van der Waals surface area contributed by atoms with Crippen molar-refractivity contribution in [3.8, 4) is 11.3 Å². The highest BCUT2D eigenvalue weighted by Crippen LogP contribution is 2.36. The van der Waals surface area contributed by atoms with Gasteiger partial charge in [-0.05, 0) is 42.7 Å². The Hall–Kier alpha value is -1.88. The summed E-state index contributed by atoms with van der Waals surface area (Å²) in [7, 11) is 0. The van der Waals surface area contributed by atoms with Crippen LogP contribution >= 0.6 is 11.3 Å². The second kappa shape index (κ2) is 4.59. The first-order valence-electron chi connectivity index (χ1n) is 6.52. The summed E-state index contributed by atoms with van der Waals surface area (Å²) in [5.41, 5.74) is 9.13. The van der Waals surface area contributed by atoms with Gasteiger partial charge in [0.25, 0.3) is 0 Å². The van der Waals surface area contributed by atoms with Crippen LogP contribution in [0.15, 0.2) is 24.3 Å². The van der Waals surface area contributed by atoms with Gasteiger partial charge in [-0.25, -0.2) is 9.37 Å². The molecule has 104 valence electrons. The lowest BCUT2D eigenvalue weighted by Crippen LogP contribution is -1.99. The molecule has 3 rings (SSSR count). The third kappa shape index (κ3) is 1.89. The summed E-state index contributed by atoms with van der Waals surface area (Å²) in [6.45, 7) is 6.19. The molecule has 20 heavy (non-hydrogen) atoms. The van der Waals surface area contributed by atoms with E-state index in [-0.39, 0.29) is 11.7 Å². The molecule has 0 spiro atoms. The fourth-order valence-electron chi connectivity index (χ4n) is 2.42. The number of nitrogen functional groups attached to an aromatic ring is 1. The number of benzene rings is 1. The van der Waals surface area contributed by atoms with Crippen LogP contribution in [0.3, 0.4) is 0 Å². The molecule has 3 aromatic rings. The SMILES string of the molecule is Cc1sc2nc(C(C)C)c(N)n2c1-c1ccc(F)cc1. The van der Waals surface area contributed by atoms with E-state index >= 15 is 0 Å². The third-order valence-corrected chi connectivity index (χ3v) is 4.33. The van der Waals surface area contributed by atoms with Crippen molar-refractivity contribution in [1.29, 1.82) is 0 Å². The van der Waals surface area contributed by atoms with Gasteiger partial charge < -0.3 is 5.73 Å². The van der Waals surface area contributed by atoms with Crippen molar-refractivity contribution in [2.75, 3.05) is 5.73 Å². The van der Waals surface area contributed by atoms with Gasteiger partial charge in [0.15, 0.2) is 4.96 Å². The summed E-state index contributed by atoms with van der Waals surface area (Å²) in [5, 5.41) is 0. The van der Waals surface area contributed by atoms with Crippen LogP contribution in [0.1, 0.15) is 30.3 Å². The first-order chi connectivity index (χ1) is 9.49. The van der Waals surface area contributed by atoms with Crippen molar-refractivity contribution in [3.63, 3.8) is 0 Å². The van der Waals surface area contributed by atoms with Crippen LogP contribution < -0.4 is 5.73 Å². The maximum absolute atomic E-state index is 13.1. The molecule has 2 heterocycles. The van der Waals surface area contributed by atoms with Crippen molar-refractivity contribution in [2.45, 2.75) is 26.7 Å². The molecule has 0 aliphatic heterocycles. The molecule has 2 aromatic heterocycles. The van der Waals surface area contributed by atoms with Gasteiger partial charge in [-0.15, -0.1) is 11.3 Å². The second-order valence-corrected chi connectivity index (χ2v) is 6.35. The van der Waals surface area contributed by atoms with Crippen LogP contribution in [-0.2, 0) is 0 Å². The highest BCUT2D eigenvalue weighted by atomic mass is 32.1. The summed E-state index contributed by atoms with van der Waals surface area (Å²) in [4.78, 5) is 6.64. The van der Waals surface area contributed by atoms with E-state index in [2.05, 4.69) is 18.8 Å². The van der Waals surface area contributed by atoms with Crippen LogP contribution in [0.25, 0.3) is 16.2 Å². The Morgan fingerprint density at radius 3 is 2.50 bits per heavy atom. The van der Waals surface area contributed by atoms with E-state index in [0.29, 0.717) is 5.82 Å². The van der Waals surface area contributed by atoms with Crippen LogP contribution in [0.5, 0.6) is 0 Å². The highest BCUT2D eigenvalue weighted by molar-refractivity contribution is 7.17. The lowest BCUT2D eigenvalue weighted by atomic mass is 10.1. The van der Waals surface area contributed by atoms with Crippen molar-refractivity contribution in [1.82, 2.24) is 9.38 Å². The van der Waals surface area contributed by atoms with E-state index < -0.39 is 0 Å². The molecule has 0 saturated carbocycles. The van der Waals surface area contributed by atoms with E-state index in [1.54, 1.807) is 23.5 Å². The van der Waals surface area contributed by atoms with Gasteiger partial charge in [-0.2, -0.15) is 0 Å². The molecule has 0 amide bonds. The van der Waals surface area contributed by atoms with Gasteiger partial charge in [0.1, 0.15) is 11.6 Å². The molecule has 0 radical (unpaired) electrons. The number of nitrogens with two attached hydrogens (primary N) is 1. The number of thiazole rings is 1. The van der Waals surface area contributed by atoms with E-state index in [9.17, 15) is 4.39 Å². The van der Waals surface area contributed by atoms with Gasteiger partial charge in [-0.1, -0.05) is 13.8 Å². The van der Waals surface area contributed by atoms with Crippen molar-refractivity contribution in [2.24, 2.45) is 0 Å². The minimum atomic E-state index is -0.237. The topological polar surface area (TPSA) is 43.3 Å². The number of hydrogen-bond acceptors (Lipinski definition) is 3. The Kier molecular flexibility index (Phi) is 3.01. The van der Waals surface area contributed by atoms with Crippen LogP contribution in [0.4, 0.5) is 10.2 Å². The zero-order chi connectivity index (χ0) is 14.4. The number of halogens is 1. The molecule has 0 aliphatic rings. The first-order valence-corrected chi connectivity index (χ1v) is 7.34. The maximum atomic E-state index is 13.1. The number of rotatable bonds is 2. The summed E-state index contributed by atoms with van der Waals surface area (Å²) < 4.78 is 15.1. The maximum Gasteiger partial charge on any atom is 0.196 e. The minimum absolute atomic E-state index is 0.237. The van der Waals surface area contributed by atoms with E-state index in [0.717, 1.165) is 26.8 Å². The first kappa shape index (κ1) is 13.1. The monoisotopic (exact) mass is 289 g/mol. The summed E-state index contributed by atoms with van der Waals surface area (Å²) in [6.07, 6.45) is 0. The highest BCUT2D eigenvalue weighted by Gasteiger charge is 2.19. The fraction of sp³-hybridized carbons (Fsp3) is 0.267. The number of anilines is 1. The molecule has 3 nitrogen and oxygen atoms in total. The molecule has 0 saturated heterocycles. The third-order valence-electron chi connectivity index (χ3n) is 3.38. The van der Waals surface area contributed by atoms with Crippen LogP contribution in [0.2, 0.25) is 0 Å². The molecule has 5 heteroatoms. The van der Waals surface area contributed by atoms with Gasteiger partial charge in [0, 0.05) is 4.88 Å². The van der Waals surface area contributed by atoms with E-state index in [4.69, 9.17) is 5.73 Å². The predicted octanol–water partition coefficient (Wildman–Crippen LogP) is 4.22. The van der Waals surface area contributed by atoms with Crippen LogP contribution in [0, 0.1) is 12.7 Å². The fourth-order valence-corrected chi connectivity index (χ4v) is 3.42. The Balaban J connectivity index is 2.29. The largest absolute Gasteiger partial charge is 0.383 e. The Morgan fingerprint density at radius 1 is 1.25 bits per heavy atom. The number of hydrogen-bond donors (Lipinski definition) is 1. The normalized spacial score (nSPS) is 11.7. The van der Waals surface area contributed by atoms with E-state index in [1.807, 2.05) is 11.3 Å². The van der Waals surface area contributed by atoms with E-state index in [1.165, 1.54) is 12.1 Å². The molecular weight excluding hydrogens is 273 g/mol. The molecule has 0 aliphatic carbocycles. The Labute approximate surface area is 120 Å². The zero-order valence-corrected chi connectivity index (χ0v) is 12.5. The number of aryl methyl sites for hydroxylation is 1. The lowest BCUT2D eigenvalue weighted by molar-refractivity contribution is 0.628. The van der Waals surface area contributed by atoms with Crippen LogP contribution in [-0.4, -0.2) is 9.38 Å². The number of fused-ring (bicyclic) bond motifs is 1. The minimum Gasteiger partial charge on any atom is -0.383 e. The molecule has 0 atom stereocenters. The lowest BCUT2D eigenvalue weighted by Gasteiger charge is -2.06. The summed E-state index contributed by atoms with van der Waals surface area (Å²) in [6, 6.07) is 6.49. The molecular formula is C15H16FN3S. The van der Waals surface area contributed by atoms with Crippen molar-refractivity contribution >= 4 is 22.1 Å². The molecule has 1 aromatic carbocycles. The average Bonchev–Trinajstić information content (AvgIpc) is 2.87. The standard InChI is InChI=1S/C15H16FN3S/c1-8(2)12-14(17)19-13(9(3)20-15(19)18-12)10-4-6-11(16)7-5-10/h4-8H,17H2,1-3H3. The molecule has 0 unspecified atom stereocenters. The van der Waals surface area contributed by atoms with Crippen molar-refractivity contribution in [3.05, 3.63) is 40.7 Å². The smallest absolute Gasteiger partial charge is 0.196 e. The van der Waals surface area contributed by atoms with Gasteiger partial charge in [0.05, 0.1) is 11.4 Å². The number of aromatic nitrogens is 2. The Morgan fingerprint density at radius 2 is 1.90 bits per heavy atom. The number of nitrogens with zero attached hydrogens (tertiary/aromatic N) is 2. The molecule has 0 fully saturated rings. The molecule has 0 bridgehead atoms. The summed E-state index contributed by atoms with van der Waals surface area (Å²) >= 11 is 1.61. The molecule has 2 N–H and O–H groups in total. The zero-order valence-electron chi connectivity index (χ0n) is 11.6. The second-order valence-electron chi connectivity index (χ2n) is 5.17. The van der Waals surface area contributed by atoms with Gasteiger partial charge >= 0.3 is 0 Å². The Bertz CT molecular complexity index is 769. The summed E-state index contributed by atoms with van der Waals surface area (Å²) in [5.74, 6) is 0.724. The average molecular weight is 289 g/mol. The quantitative estimate of drug-likeness (QED) is 0.767. The predicted molar refractivity (Wildman–Crippen MR) is 81.7 cm³/mol.